The summed E-state index contributed by atoms with van der Waals surface area (Å²) in [5, 5.41) is 12.6. The largest absolute Gasteiger partial charge is 0.444 e. The molecule has 1 atom stereocenters. The van der Waals surface area contributed by atoms with Gasteiger partial charge in [-0.3, -0.25) is 5.10 Å². The van der Waals surface area contributed by atoms with E-state index in [9.17, 15) is 4.79 Å². The lowest BCUT2D eigenvalue weighted by atomic mass is 10.2. The van der Waals surface area contributed by atoms with Crippen molar-refractivity contribution in [1.29, 1.82) is 0 Å². The summed E-state index contributed by atoms with van der Waals surface area (Å²) in [6, 6.07) is 0.162. The van der Waals surface area contributed by atoms with Gasteiger partial charge in [-0.15, -0.1) is 0 Å². The molecule has 0 spiro atoms. The van der Waals surface area contributed by atoms with Crippen molar-refractivity contribution in [2.24, 2.45) is 0 Å². The maximum atomic E-state index is 11.4. The number of amides is 1. The van der Waals surface area contributed by atoms with E-state index < -0.39 is 11.7 Å². The van der Waals surface area contributed by atoms with Crippen LogP contribution in [0.1, 0.15) is 33.5 Å². The Labute approximate surface area is 113 Å². The summed E-state index contributed by atoms with van der Waals surface area (Å²) >= 11 is 0. The number of alkyl carbamates (subject to hydrolysis) is 1. The fraction of sp³-hybridized carbons (Fsp3) is 0.750. The van der Waals surface area contributed by atoms with Gasteiger partial charge >= 0.3 is 6.09 Å². The van der Waals surface area contributed by atoms with Crippen molar-refractivity contribution in [2.45, 2.75) is 45.8 Å². The molecule has 0 saturated carbocycles. The summed E-state index contributed by atoms with van der Waals surface area (Å²) in [6.45, 7) is 8.80. The fourth-order valence-corrected chi connectivity index (χ4v) is 1.41. The Hall–Kier alpha value is -1.63. The average molecular weight is 269 g/mol. The molecule has 0 saturated heterocycles. The van der Waals surface area contributed by atoms with Crippen molar-refractivity contribution in [2.75, 3.05) is 13.1 Å². The topological polar surface area (TPSA) is 91.9 Å². The summed E-state index contributed by atoms with van der Waals surface area (Å²) in [5.41, 5.74) is -0.465. The molecular weight excluding hydrogens is 246 g/mol. The number of hydrogen-bond donors (Lipinski definition) is 3. The Kier molecular flexibility index (Phi) is 5.75. The van der Waals surface area contributed by atoms with Crippen LogP contribution in [0.2, 0.25) is 0 Å². The van der Waals surface area contributed by atoms with Gasteiger partial charge in [0.05, 0.1) is 0 Å². The van der Waals surface area contributed by atoms with Gasteiger partial charge < -0.3 is 15.4 Å². The van der Waals surface area contributed by atoms with Crippen LogP contribution in [-0.4, -0.2) is 46.0 Å². The van der Waals surface area contributed by atoms with Crippen LogP contribution in [0.5, 0.6) is 0 Å². The SMILES string of the molecule is CC(CNC(=O)OC(C)(C)C)NCCc1ncn[nH]1. The highest BCUT2D eigenvalue weighted by Gasteiger charge is 2.16. The maximum Gasteiger partial charge on any atom is 0.407 e. The molecular formula is C12H23N5O2. The molecule has 0 aliphatic rings. The van der Waals surface area contributed by atoms with Crippen LogP contribution in [0.25, 0.3) is 0 Å². The Bertz CT molecular complexity index is 372. The molecule has 0 radical (unpaired) electrons. The van der Waals surface area contributed by atoms with Crippen LogP contribution in [-0.2, 0) is 11.2 Å². The van der Waals surface area contributed by atoms with Crippen molar-refractivity contribution >= 4 is 6.09 Å². The Morgan fingerprint density at radius 1 is 1.53 bits per heavy atom. The summed E-state index contributed by atoms with van der Waals surface area (Å²) in [4.78, 5) is 15.5. The predicted octanol–water partition coefficient (Wildman–Crippen LogP) is 0.850. The first kappa shape index (κ1) is 15.4. The minimum absolute atomic E-state index is 0.162. The third-order valence-electron chi connectivity index (χ3n) is 2.27. The number of nitrogens with one attached hydrogen (secondary N) is 3. The zero-order valence-electron chi connectivity index (χ0n) is 12.0. The van der Waals surface area contributed by atoms with Gasteiger partial charge in [-0.2, -0.15) is 5.10 Å². The van der Waals surface area contributed by atoms with E-state index in [-0.39, 0.29) is 6.04 Å². The second-order valence-electron chi connectivity index (χ2n) is 5.42. The van der Waals surface area contributed by atoms with Crippen molar-refractivity contribution in [3.05, 3.63) is 12.2 Å². The standard InChI is InChI=1S/C12H23N5O2/c1-9(7-14-11(18)19-12(2,3)4)13-6-5-10-15-8-16-17-10/h8-9,13H,5-7H2,1-4H3,(H,14,18)(H,15,16,17). The first-order chi connectivity index (χ1) is 8.87. The number of aromatic amines is 1. The summed E-state index contributed by atoms with van der Waals surface area (Å²) < 4.78 is 5.15. The number of carbonyl (C=O) groups is 1. The zero-order chi connectivity index (χ0) is 14.3. The first-order valence-corrected chi connectivity index (χ1v) is 6.41. The van der Waals surface area contributed by atoms with Gasteiger partial charge in [0.2, 0.25) is 0 Å². The van der Waals surface area contributed by atoms with E-state index in [2.05, 4.69) is 25.8 Å². The lowest BCUT2D eigenvalue weighted by Crippen LogP contribution is -2.41. The van der Waals surface area contributed by atoms with E-state index in [1.165, 1.54) is 6.33 Å². The first-order valence-electron chi connectivity index (χ1n) is 6.41. The van der Waals surface area contributed by atoms with E-state index in [1.807, 2.05) is 27.7 Å². The maximum absolute atomic E-state index is 11.4. The van der Waals surface area contributed by atoms with E-state index >= 15 is 0 Å². The van der Waals surface area contributed by atoms with Crippen LogP contribution >= 0.6 is 0 Å². The number of carbonyl (C=O) groups excluding carboxylic acids is 1. The summed E-state index contributed by atoms with van der Waals surface area (Å²) in [7, 11) is 0. The second-order valence-corrected chi connectivity index (χ2v) is 5.42. The highest BCUT2D eigenvalue weighted by molar-refractivity contribution is 5.67. The van der Waals surface area contributed by atoms with E-state index in [1.54, 1.807) is 0 Å². The molecule has 1 amide bonds. The molecule has 0 aromatic carbocycles. The molecule has 1 unspecified atom stereocenters. The Balaban J connectivity index is 2.10. The minimum Gasteiger partial charge on any atom is -0.444 e. The lowest BCUT2D eigenvalue weighted by molar-refractivity contribution is 0.0523. The third kappa shape index (κ3) is 7.40. The number of ether oxygens (including phenoxy) is 1. The molecule has 1 rings (SSSR count). The van der Waals surface area contributed by atoms with Crippen LogP contribution in [0, 0.1) is 0 Å². The molecule has 1 aromatic heterocycles. The normalized spacial score (nSPS) is 13.1. The van der Waals surface area contributed by atoms with Gasteiger partial charge in [0.25, 0.3) is 0 Å². The van der Waals surface area contributed by atoms with E-state index in [0.29, 0.717) is 6.54 Å². The van der Waals surface area contributed by atoms with Gasteiger partial charge in [0, 0.05) is 25.6 Å². The molecule has 0 aliphatic carbocycles. The predicted molar refractivity (Wildman–Crippen MR) is 71.8 cm³/mol. The zero-order valence-corrected chi connectivity index (χ0v) is 12.0. The van der Waals surface area contributed by atoms with Crippen molar-refractivity contribution in [3.8, 4) is 0 Å². The fourth-order valence-electron chi connectivity index (χ4n) is 1.41. The van der Waals surface area contributed by atoms with E-state index in [4.69, 9.17) is 4.74 Å². The number of rotatable bonds is 6. The number of nitrogens with zero attached hydrogens (tertiary/aromatic N) is 2. The highest BCUT2D eigenvalue weighted by atomic mass is 16.6. The molecule has 3 N–H and O–H groups in total. The van der Waals surface area contributed by atoms with Crippen LogP contribution < -0.4 is 10.6 Å². The molecule has 108 valence electrons. The number of H-pyrrole nitrogens is 1. The van der Waals surface area contributed by atoms with Crippen LogP contribution in [0.4, 0.5) is 4.79 Å². The van der Waals surface area contributed by atoms with Gasteiger partial charge in [-0.05, 0) is 27.7 Å². The quantitative estimate of drug-likeness (QED) is 0.712. The smallest absolute Gasteiger partial charge is 0.407 e. The summed E-state index contributed by atoms with van der Waals surface area (Å²) in [5.74, 6) is 0.847. The molecule has 7 nitrogen and oxygen atoms in total. The number of hydrogen-bond acceptors (Lipinski definition) is 5. The molecule has 19 heavy (non-hydrogen) atoms. The van der Waals surface area contributed by atoms with Gasteiger partial charge in [0.15, 0.2) is 0 Å². The third-order valence-corrected chi connectivity index (χ3v) is 2.27. The van der Waals surface area contributed by atoms with Gasteiger partial charge in [0.1, 0.15) is 17.8 Å². The van der Waals surface area contributed by atoms with Crippen molar-refractivity contribution < 1.29 is 9.53 Å². The van der Waals surface area contributed by atoms with E-state index in [0.717, 1.165) is 18.8 Å². The van der Waals surface area contributed by atoms with Crippen LogP contribution in [0.15, 0.2) is 6.33 Å². The number of aromatic nitrogens is 3. The molecule has 1 heterocycles. The molecule has 7 heteroatoms. The molecule has 0 aliphatic heterocycles. The molecule has 0 fully saturated rings. The summed E-state index contributed by atoms with van der Waals surface area (Å²) in [6.07, 6.45) is 1.87. The van der Waals surface area contributed by atoms with Crippen molar-refractivity contribution in [1.82, 2.24) is 25.8 Å². The van der Waals surface area contributed by atoms with Crippen molar-refractivity contribution in [3.63, 3.8) is 0 Å². The minimum atomic E-state index is -0.465. The second kappa shape index (κ2) is 7.08. The van der Waals surface area contributed by atoms with Gasteiger partial charge in [-0.25, -0.2) is 9.78 Å². The Morgan fingerprint density at radius 2 is 2.26 bits per heavy atom. The monoisotopic (exact) mass is 269 g/mol. The molecule has 1 aromatic rings. The molecule has 0 bridgehead atoms. The Morgan fingerprint density at radius 3 is 2.84 bits per heavy atom. The average Bonchev–Trinajstić information content (AvgIpc) is 2.77. The van der Waals surface area contributed by atoms with Crippen LogP contribution in [0.3, 0.4) is 0 Å². The lowest BCUT2D eigenvalue weighted by Gasteiger charge is -2.21. The van der Waals surface area contributed by atoms with Gasteiger partial charge in [-0.1, -0.05) is 0 Å². The highest BCUT2D eigenvalue weighted by Crippen LogP contribution is 2.06.